The van der Waals surface area contributed by atoms with Gasteiger partial charge in [0.25, 0.3) is 0 Å². The lowest BCUT2D eigenvalue weighted by molar-refractivity contribution is -0.0980. The van der Waals surface area contributed by atoms with Gasteiger partial charge in [-0.3, -0.25) is 9.80 Å². The zero-order valence-corrected chi connectivity index (χ0v) is 31.0. The molecule has 0 saturated heterocycles. The van der Waals surface area contributed by atoms with Crippen molar-refractivity contribution in [1.29, 1.82) is 0 Å². The van der Waals surface area contributed by atoms with E-state index in [0.29, 0.717) is 52.0 Å². The third kappa shape index (κ3) is 28.6. The van der Waals surface area contributed by atoms with E-state index in [2.05, 4.69) is 44.3 Å². The summed E-state index contributed by atoms with van der Waals surface area (Å²) in [5.74, 6) is 0. The Balaban J connectivity index is -0.000000743. The van der Waals surface area contributed by atoms with E-state index >= 15 is 0 Å². The molecule has 0 rings (SSSR count). The van der Waals surface area contributed by atoms with Crippen LogP contribution in [0.2, 0.25) is 25.2 Å². The molecule has 0 aromatic carbocycles. The van der Waals surface area contributed by atoms with Crippen LogP contribution in [0.3, 0.4) is 0 Å². The molecular formula is C32H66N2O9Si2. The summed E-state index contributed by atoms with van der Waals surface area (Å²) in [7, 11) is -0.841. The topological polar surface area (TPSA) is 130 Å². The van der Waals surface area contributed by atoms with Crippen molar-refractivity contribution < 1.29 is 42.9 Å². The number of hydrogen-bond acceptors (Lipinski definition) is 11. The number of nitrogens with zero attached hydrogens (tertiary/aromatic N) is 2. The highest BCUT2D eigenvalue weighted by Gasteiger charge is 2.34. The molecule has 0 aromatic rings. The summed E-state index contributed by atoms with van der Waals surface area (Å²) in [5, 5.41) is 29.3. The number of hydrogen-bond donors (Lipinski definition) is 3. The summed E-state index contributed by atoms with van der Waals surface area (Å²) < 4.78 is 27.4. The Morgan fingerprint density at radius 1 is 0.733 bits per heavy atom. The molecule has 0 aromatic heterocycles. The first kappa shape index (κ1) is 48.1. The van der Waals surface area contributed by atoms with Crippen LogP contribution < -0.4 is 0 Å². The molecule has 0 aliphatic carbocycles. The van der Waals surface area contributed by atoms with E-state index in [1.54, 1.807) is 26.4 Å². The van der Waals surface area contributed by atoms with Crippen molar-refractivity contribution in [3.63, 3.8) is 0 Å². The summed E-state index contributed by atoms with van der Waals surface area (Å²) >= 11 is 0. The molecule has 0 amide bonds. The van der Waals surface area contributed by atoms with Gasteiger partial charge < -0.3 is 42.9 Å². The first-order valence-electron chi connectivity index (χ1n) is 15.6. The van der Waals surface area contributed by atoms with E-state index in [-0.39, 0.29) is 12.8 Å². The molecule has 11 nitrogen and oxygen atoms in total. The molecule has 0 bridgehead atoms. The van der Waals surface area contributed by atoms with Gasteiger partial charge in [0.05, 0.1) is 31.7 Å². The Kier molecular flexibility index (Phi) is 34.8. The highest BCUT2D eigenvalue weighted by molar-refractivity contribution is 6.71. The van der Waals surface area contributed by atoms with Gasteiger partial charge in [-0.2, -0.15) is 0 Å². The standard InChI is InChI=1S/C16H33NO3Si.C15H31NO5Si.CH2O/c1-6-10-17(11-7-2)14-16(18)15-19-12-9-13-21(4,5)20-8-3;1-5-8-16(9-6-2)12-15(18)13-21-10-7-11-22(14-17,19-3)20-4;1-2/h6-7,16,18H,1-2,8-15H2,3-5H3;5-6,15,17-18H,1-2,7-14H2,3-4H3;1H2. The van der Waals surface area contributed by atoms with Gasteiger partial charge in [0.15, 0.2) is 8.32 Å². The van der Waals surface area contributed by atoms with Crippen LogP contribution in [0.5, 0.6) is 0 Å². The minimum Gasteiger partial charge on any atom is -0.418 e. The second kappa shape index (κ2) is 32.6. The lowest BCUT2D eigenvalue weighted by Gasteiger charge is -2.25. The van der Waals surface area contributed by atoms with Gasteiger partial charge in [-0.15, -0.1) is 26.3 Å². The molecule has 0 radical (unpaired) electrons. The summed E-state index contributed by atoms with van der Waals surface area (Å²) in [6, 6.07) is 1.75. The van der Waals surface area contributed by atoms with E-state index in [0.717, 1.165) is 38.6 Å². The Labute approximate surface area is 276 Å². The second-order valence-corrected chi connectivity index (χ2v) is 18.7. The predicted octanol–water partition coefficient (Wildman–Crippen LogP) is 3.18. The van der Waals surface area contributed by atoms with Crippen molar-refractivity contribution >= 4 is 23.7 Å². The largest absolute Gasteiger partial charge is 0.418 e. The maximum atomic E-state index is 9.97. The first-order chi connectivity index (χ1) is 21.5. The maximum absolute atomic E-state index is 9.97. The fraction of sp³-hybridized carbons (Fsp3) is 0.719. The fourth-order valence-corrected chi connectivity index (χ4v) is 7.92. The third-order valence-electron chi connectivity index (χ3n) is 6.54. The molecule has 0 aliphatic rings. The summed E-state index contributed by atoms with van der Waals surface area (Å²) in [4.78, 5) is 12.1. The number of aliphatic hydroxyl groups is 3. The Hall–Kier alpha value is -1.34. The number of carbonyl (C=O) groups is 1. The van der Waals surface area contributed by atoms with Gasteiger partial charge in [0.1, 0.15) is 6.79 Å². The van der Waals surface area contributed by atoms with Crippen molar-refractivity contribution in [3.8, 4) is 0 Å². The molecule has 0 spiro atoms. The molecule has 0 fully saturated rings. The van der Waals surface area contributed by atoms with Crippen LogP contribution in [0.25, 0.3) is 0 Å². The van der Waals surface area contributed by atoms with Crippen LogP contribution in [0.1, 0.15) is 19.8 Å². The molecule has 2 unspecified atom stereocenters. The first-order valence-corrected chi connectivity index (χ1v) is 20.9. The highest BCUT2D eigenvalue weighted by Crippen LogP contribution is 2.14. The minimum absolute atomic E-state index is 0.0688. The second-order valence-electron chi connectivity index (χ2n) is 10.9. The van der Waals surface area contributed by atoms with Gasteiger partial charge in [0, 0.05) is 73.3 Å². The van der Waals surface area contributed by atoms with Crippen LogP contribution in [0.15, 0.2) is 50.6 Å². The van der Waals surface area contributed by atoms with Crippen molar-refractivity contribution in [1.82, 2.24) is 9.80 Å². The average Bonchev–Trinajstić information content (AvgIpc) is 3.01. The lowest BCUT2D eigenvalue weighted by atomic mass is 10.3. The van der Waals surface area contributed by atoms with Crippen LogP contribution in [-0.2, 0) is 27.5 Å². The van der Waals surface area contributed by atoms with Gasteiger partial charge in [0.2, 0.25) is 0 Å². The van der Waals surface area contributed by atoms with Crippen LogP contribution in [0, 0.1) is 0 Å². The molecule has 45 heavy (non-hydrogen) atoms. The maximum Gasteiger partial charge on any atom is 0.364 e. The average molecular weight is 679 g/mol. The summed E-state index contributed by atoms with van der Waals surface area (Å²) in [6.07, 6.45) is 7.89. The van der Waals surface area contributed by atoms with E-state index in [1.807, 2.05) is 30.8 Å². The van der Waals surface area contributed by atoms with Crippen molar-refractivity contribution in [2.75, 3.05) is 92.8 Å². The Bertz CT molecular complexity index is 688. The number of carbonyl (C=O) groups excluding carboxylic acids is 1. The van der Waals surface area contributed by atoms with Gasteiger partial charge in [-0.1, -0.05) is 24.3 Å². The van der Waals surface area contributed by atoms with Crippen LogP contribution in [0.4, 0.5) is 0 Å². The predicted molar refractivity (Wildman–Crippen MR) is 189 cm³/mol. The van der Waals surface area contributed by atoms with Gasteiger partial charge >= 0.3 is 8.56 Å². The SMILES string of the molecule is C=CCN(CC=C)CC(O)COCCC[Si](C)(C)OCC.C=CCN(CC=C)CC(O)COCCC[Si](CO)(OC)OC.C=O. The number of rotatable bonds is 29. The fourth-order valence-electron chi connectivity index (χ4n) is 4.32. The number of aliphatic hydroxyl groups excluding tert-OH is 3. The molecule has 0 saturated carbocycles. The van der Waals surface area contributed by atoms with E-state index in [9.17, 15) is 15.3 Å². The van der Waals surface area contributed by atoms with Crippen LogP contribution >= 0.6 is 0 Å². The molecular weight excluding hydrogens is 613 g/mol. The number of ether oxygens (including phenoxy) is 2. The Morgan fingerprint density at radius 2 is 1.11 bits per heavy atom. The molecule has 266 valence electrons. The van der Waals surface area contributed by atoms with Gasteiger partial charge in [-0.05, 0) is 44.9 Å². The quantitative estimate of drug-likeness (QED) is 0.0613. The van der Waals surface area contributed by atoms with E-state index in [4.69, 9.17) is 27.5 Å². The molecule has 3 N–H and O–H groups in total. The molecule has 0 heterocycles. The summed E-state index contributed by atoms with van der Waals surface area (Å²) in [5.41, 5.74) is 0. The zero-order valence-electron chi connectivity index (χ0n) is 29.0. The van der Waals surface area contributed by atoms with Gasteiger partial charge in [-0.25, -0.2) is 0 Å². The molecule has 0 aliphatic heterocycles. The summed E-state index contributed by atoms with van der Waals surface area (Å²) in [6.45, 7) is 30.0. The van der Waals surface area contributed by atoms with Crippen LogP contribution in [-0.4, -0.2) is 154 Å². The lowest BCUT2D eigenvalue weighted by Crippen LogP contribution is -2.44. The van der Waals surface area contributed by atoms with E-state index in [1.165, 1.54) is 0 Å². The minimum atomic E-state index is -2.46. The smallest absolute Gasteiger partial charge is 0.364 e. The molecule has 13 heteroatoms. The highest BCUT2D eigenvalue weighted by atomic mass is 28.4. The monoisotopic (exact) mass is 678 g/mol. The Morgan fingerprint density at radius 3 is 1.42 bits per heavy atom. The van der Waals surface area contributed by atoms with E-state index < -0.39 is 29.1 Å². The van der Waals surface area contributed by atoms with Crippen molar-refractivity contribution in [3.05, 3.63) is 50.6 Å². The normalized spacial score (nSPS) is 12.8. The van der Waals surface area contributed by atoms with Crippen molar-refractivity contribution in [2.24, 2.45) is 0 Å². The zero-order chi connectivity index (χ0) is 35.0. The molecule has 2 atom stereocenters. The third-order valence-corrected chi connectivity index (χ3v) is 12.3. The van der Waals surface area contributed by atoms with Crippen molar-refractivity contribution in [2.45, 2.75) is 57.2 Å².